The first-order valence-corrected chi connectivity index (χ1v) is 8.78. The van der Waals surface area contributed by atoms with Gasteiger partial charge in [0, 0.05) is 0 Å². The summed E-state index contributed by atoms with van der Waals surface area (Å²) in [5, 5.41) is 3.37. The Morgan fingerprint density at radius 1 is 1.14 bits per heavy atom. The first-order chi connectivity index (χ1) is 9.85. The summed E-state index contributed by atoms with van der Waals surface area (Å²) in [7, 11) is 0. The molecule has 116 valence electrons. The zero-order valence-corrected chi connectivity index (χ0v) is 14.9. The Balaban J connectivity index is 2.24. The molecule has 1 fully saturated rings. The zero-order valence-electron chi connectivity index (χ0n) is 13.3. The number of hydrogen-bond acceptors (Lipinski definition) is 1. The van der Waals surface area contributed by atoms with Crippen LogP contribution < -0.4 is 5.32 Å². The summed E-state index contributed by atoms with van der Waals surface area (Å²) >= 11 is 3.58. The molecule has 21 heavy (non-hydrogen) atoms. The van der Waals surface area contributed by atoms with Crippen LogP contribution in [0.4, 0.5) is 0 Å². The number of carbonyl (C=O) groups excluding carboxylic acids is 1. The molecule has 3 heteroatoms. The molecule has 1 amide bonds. The highest BCUT2D eigenvalue weighted by Crippen LogP contribution is 2.38. The molecule has 0 heterocycles. The molecule has 0 saturated heterocycles. The van der Waals surface area contributed by atoms with E-state index >= 15 is 0 Å². The van der Waals surface area contributed by atoms with E-state index in [-0.39, 0.29) is 21.7 Å². The molecule has 1 atom stereocenters. The van der Waals surface area contributed by atoms with Crippen LogP contribution >= 0.6 is 15.9 Å². The van der Waals surface area contributed by atoms with Crippen LogP contribution in [0.3, 0.4) is 0 Å². The minimum atomic E-state index is -0.187. The van der Waals surface area contributed by atoms with E-state index < -0.39 is 0 Å². The van der Waals surface area contributed by atoms with Crippen molar-refractivity contribution in [3.8, 4) is 0 Å². The fraction of sp³-hybridized carbons (Fsp3) is 0.611. The van der Waals surface area contributed by atoms with Gasteiger partial charge in [-0.05, 0) is 23.8 Å². The number of hydrogen-bond donors (Lipinski definition) is 1. The number of nitrogens with one attached hydrogen (secondary N) is 1. The maximum Gasteiger partial charge on any atom is 0.235 e. The maximum absolute atomic E-state index is 12.7. The van der Waals surface area contributed by atoms with Crippen molar-refractivity contribution >= 4 is 21.8 Å². The number of benzene rings is 1. The Bertz CT molecular complexity index is 472. The van der Waals surface area contributed by atoms with Gasteiger partial charge >= 0.3 is 0 Å². The highest BCUT2D eigenvalue weighted by Gasteiger charge is 2.38. The van der Waals surface area contributed by atoms with Crippen LogP contribution in [0.1, 0.15) is 58.4 Å². The average molecular weight is 352 g/mol. The molecule has 0 aliphatic heterocycles. The minimum Gasteiger partial charge on any atom is -0.346 e. The molecule has 1 unspecified atom stereocenters. The van der Waals surface area contributed by atoms with Gasteiger partial charge in [0.1, 0.15) is 0 Å². The van der Waals surface area contributed by atoms with Gasteiger partial charge in [0.15, 0.2) is 0 Å². The number of amides is 1. The second-order valence-electron chi connectivity index (χ2n) is 7.23. The Kier molecular flexibility index (Phi) is 5.13. The van der Waals surface area contributed by atoms with Crippen LogP contribution in [0.2, 0.25) is 0 Å². The molecular formula is C18H26BrNO. The lowest BCUT2D eigenvalue weighted by Crippen LogP contribution is -2.51. The number of halogens is 1. The molecule has 0 spiro atoms. The van der Waals surface area contributed by atoms with E-state index in [0.717, 1.165) is 12.8 Å². The number of rotatable bonds is 3. The van der Waals surface area contributed by atoms with Gasteiger partial charge in [0.25, 0.3) is 0 Å². The van der Waals surface area contributed by atoms with Crippen molar-refractivity contribution in [2.75, 3.05) is 0 Å². The highest BCUT2D eigenvalue weighted by atomic mass is 79.9. The normalized spacial score (nSPS) is 19.8. The van der Waals surface area contributed by atoms with E-state index in [1.165, 1.54) is 24.8 Å². The smallest absolute Gasteiger partial charge is 0.235 e. The second kappa shape index (κ2) is 6.51. The predicted octanol–water partition coefficient (Wildman–Crippen LogP) is 4.77. The summed E-state index contributed by atoms with van der Waals surface area (Å²) in [5.41, 5.74) is 0.969. The first kappa shape index (κ1) is 16.5. The van der Waals surface area contributed by atoms with Gasteiger partial charge in [-0.25, -0.2) is 0 Å². The lowest BCUT2D eigenvalue weighted by Gasteiger charge is -2.40. The van der Waals surface area contributed by atoms with E-state index in [4.69, 9.17) is 0 Å². The predicted molar refractivity (Wildman–Crippen MR) is 91.5 cm³/mol. The fourth-order valence-electron chi connectivity index (χ4n) is 3.09. The number of carbonyl (C=O) groups is 1. The van der Waals surface area contributed by atoms with Crippen molar-refractivity contribution < 1.29 is 4.79 Å². The lowest BCUT2D eigenvalue weighted by atomic mass is 9.76. The Morgan fingerprint density at radius 2 is 1.71 bits per heavy atom. The summed E-state index contributed by atoms with van der Waals surface area (Å²) in [4.78, 5) is 12.5. The molecule has 0 bridgehead atoms. The molecular weight excluding hydrogens is 326 g/mol. The zero-order chi connectivity index (χ0) is 15.5. The lowest BCUT2D eigenvalue weighted by molar-refractivity contribution is -0.124. The molecule has 1 N–H and O–H groups in total. The van der Waals surface area contributed by atoms with Gasteiger partial charge in [-0.2, -0.15) is 0 Å². The minimum absolute atomic E-state index is 0.0867. The third-order valence-corrected chi connectivity index (χ3v) is 6.18. The standard InChI is InChI=1S/C18H26BrNO/c1-17(2,3)15(19)16(21)20-18(12-8-5-9-13-18)14-10-6-4-7-11-14/h4,6-7,10-11,15H,5,8-9,12-13H2,1-3H3,(H,20,21). The summed E-state index contributed by atoms with van der Waals surface area (Å²) in [6.45, 7) is 6.26. The van der Waals surface area contributed by atoms with E-state index in [2.05, 4.69) is 66.3 Å². The molecule has 1 aromatic rings. The highest BCUT2D eigenvalue weighted by molar-refractivity contribution is 9.10. The second-order valence-corrected chi connectivity index (χ2v) is 8.14. The van der Waals surface area contributed by atoms with E-state index in [9.17, 15) is 4.79 Å². The summed E-state index contributed by atoms with van der Waals surface area (Å²) in [6.07, 6.45) is 5.69. The molecule has 1 aromatic carbocycles. The van der Waals surface area contributed by atoms with Crippen LogP contribution in [0.25, 0.3) is 0 Å². The topological polar surface area (TPSA) is 29.1 Å². The molecule has 1 aliphatic rings. The van der Waals surface area contributed by atoms with Gasteiger partial charge in [-0.15, -0.1) is 0 Å². The van der Waals surface area contributed by atoms with Crippen LogP contribution in [-0.4, -0.2) is 10.7 Å². The van der Waals surface area contributed by atoms with Crippen molar-refractivity contribution in [2.45, 2.75) is 63.2 Å². The van der Waals surface area contributed by atoms with Crippen molar-refractivity contribution in [3.63, 3.8) is 0 Å². The van der Waals surface area contributed by atoms with Crippen molar-refractivity contribution in [1.82, 2.24) is 5.32 Å². The summed E-state index contributed by atoms with van der Waals surface area (Å²) in [6, 6.07) is 10.4. The molecule has 2 rings (SSSR count). The molecule has 0 aromatic heterocycles. The third-order valence-electron chi connectivity index (χ3n) is 4.39. The molecule has 1 saturated carbocycles. The number of alkyl halides is 1. The van der Waals surface area contributed by atoms with Gasteiger partial charge in [-0.1, -0.05) is 86.3 Å². The Morgan fingerprint density at radius 3 is 2.24 bits per heavy atom. The third kappa shape index (κ3) is 3.88. The average Bonchev–Trinajstić information content (AvgIpc) is 2.47. The van der Waals surface area contributed by atoms with Gasteiger partial charge in [-0.3, -0.25) is 4.79 Å². The Labute approximate surface area is 136 Å². The van der Waals surface area contributed by atoms with Crippen LogP contribution in [0.15, 0.2) is 30.3 Å². The van der Waals surface area contributed by atoms with Gasteiger partial charge in [0.05, 0.1) is 10.4 Å². The largest absolute Gasteiger partial charge is 0.346 e. The first-order valence-electron chi connectivity index (χ1n) is 7.87. The Hall–Kier alpha value is -0.830. The van der Waals surface area contributed by atoms with E-state index in [1.807, 2.05) is 6.07 Å². The van der Waals surface area contributed by atoms with Gasteiger partial charge in [0.2, 0.25) is 5.91 Å². The molecule has 0 radical (unpaired) electrons. The maximum atomic E-state index is 12.7. The van der Waals surface area contributed by atoms with Crippen molar-refractivity contribution in [2.24, 2.45) is 5.41 Å². The fourth-order valence-corrected chi connectivity index (χ4v) is 3.21. The monoisotopic (exact) mass is 351 g/mol. The van der Waals surface area contributed by atoms with E-state index in [0.29, 0.717) is 0 Å². The summed E-state index contributed by atoms with van der Waals surface area (Å²) < 4.78 is 0. The molecule has 1 aliphatic carbocycles. The van der Waals surface area contributed by atoms with Crippen LogP contribution in [-0.2, 0) is 10.3 Å². The van der Waals surface area contributed by atoms with Crippen LogP contribution in [0.5, 0.6) is 0 Å². The van der Waals surface area contributed by atoms with Gasteiger partial charge < -0.3 is 5.32 Å². The van der Waals surface area contributed by atoms with Crippen LogP contribution in [0, 0.1) is 5.41 Å². The quantitative estimate of drug-likeness (QED) is 0.780. The SMILES string of the molecule is CC(C)(C)C(Br)C(=O)NC1(c2ccccc2)CCCCC1. The summed E-state index contributed by atoms with van der Waals surface area (Å²) in [5.74, 6) is 0.105. The van der Waals surface area contributed by atoms with Crippen molar-refractivity contribution in [3.05, 3.63) is 35.9 Å². The molecule has 2 nitrogen and oxygen atoms in total. The van der Waals surface area contributed by atoms with Crippen molar-refractivity contribution in [1.29, 1.82) is 0 Å². The van der Waals surface area contributed by atoms with E-state index in [1.54, 1.807) is 0 Å².